The van der Waals surface area contributed by atoms with E-state index in [4.69, 9.17) is 0 Å². The molecular formula is C21H44N2O. The lowest BCUT2D eigenvalue weighted by atomic mass is 10.1. The Morgan fingerprint density at radius 1 is 0.750 bits per heavy atom. The maximum atomic E-state index is 12.4. The number of hydrogen-bond donors (Lipinski definition) is 1. The van der Waals surface area contributed by atoms with E-state index in [2.05, 4.69) is 37.9 Å². The molecule has 3 nitrogen and oxygen atoms in total. The average molecular weight is 341 g/mol. The average Bonchev–Trinajstić information content (AvgIpc) is 2.59. The quantitative estimate of drug-likeness (QED) is 0.353. The molecule has 0 saturated carbocycles. The van der Waals surface area contributed by atoms with Crippen molar-refractivity contribution >= 4 is 5.91 Å². The zero-order chi connectivity index (χ0) is 18.0. The van der Waals surface area contributed by atoms with Crippen molar-refractivity contribution in [2.45, 2.75) is 111 Å². The predicted molar refractivity (Wildman–Crippen MR) is 106 cm³/mol. The molecule has 0 bridgehead atoms. The molecule has 0 heterocycles. The molecule has 1 amide bonds. The van der Waals surface area contributed by atoms with Crippen molar-refractivity contribution in [3.05, 3.63) is 0 Å². The Morgan fingerprint density at radius 2 is 1.25 bits per heavy atom. The maximum Gasteiger partial charge on any atom is 0.237 e. The van der Waals surface area contributed by atoms with Crippen LogP contribution in [-0.4, -0.2) is 36.5 Å². The van der Waals surface area contributed by atoms with Gasteiger partial charge in [-0.1, -0.05) is 91.9 Å². The molecule has 0 aliphatic heterocycles. The third-order valence-corrected chi connectivity index (χ3v) is 4.95. The van der Waals surface area contributed by atoms with Crippen LogP contribution in [0.3, 0.4) is 0 Å². The molecule has 0 saturated heterocycles. The van der Waals surface area contributed by atoms with E-state index in [0.29, 0.717) is 0 Å². The molecule has 0 aromatic carbocycles. The van der Waals surface area contributed by atoms with Crippen molar-refractivity contribution in [3.8, 4) is 0 Å². The zero-order valence-electron chi connectivity index (χ0n) is 17.0. The number of nitrogens with zero attached hydrogens (tertiary/aromatic N) is 1. The smallest absolute Gasteiger partial charge is 0.237 e. The molecule has 144 valence electrons. The fourth-order valence-electron chi connectivity index (χ4n) is 3.36. The Kier molecular flexibility index (Phi) is 16.8. The topological polar surface area (TPSA) is 32.3 Å². The summed E-state index contributed by atoms with van der Waals surface area (Å²) in [5.41, 5.74) is 0. The van der Waals surface area contributed by atoms with Crippen LogP contribution in [0.4, 0.5) is 0 Å². The fraction of sp³-hybridized carbons (Fsp3) is 0.952. The largest absolute Gasteiger partial charge is 0.355 e. The van der Waals surface area contributed by atoms with Gasteiger partial charge in [-0.05, 0) is 25.9 Å². The van der Waals surface area contributed by atoms with Gasteiger partial charge in [-0.15, -0.1) is 0 Å². The third-order valence-electron chi connectivity index (χ3n) is 4.95. The van der Waals surface area contributed by atoms with Crippen molar-refractivity contribution < 1.29 is 4.79 Å². The monoisotopic (exact) mass is 340 g/mol. The normalized spacial score (nSPS) is 12.5. The van der Waals surface area contributed by atoms with Gasteiger partial charge in [0.15, 0.2) is 0 Å². The Bertz CT molecular complexity index is 277. The second-order valence-electron chi connectivity index (χ2n) is 7.00. The van der Waals surface area contributed by atoms with Gasteiger partial charge >= 0.3 is 0 Å². The molecule has 3 heteroatoms. The lowest BCUT2D eigenvalue weighted by Gasteiger charge is -2.28. The van der Waals surface area contributed by atoms with E-state index in [1.165, 1.54) is 57.8 Å². The summed E-state index contributed by atoms with van der Waals surface area (Å²) in [5.74, 6) is 0.233. The Hall–Kier alpha value is -0.570. The molecule has 1 unspecified atom stereocenters. The van der Waals surface area contributed by atoms with Crippen molar-refractivity contribution in [1.29, 1.82) is 0 Å². The predicted octanol–water partition coefficient (Wildman–Crippen LogP) is 5.53. The Morgan fingerprint density at radius 3 is 1.71 bits per heavy atom. The van der Waals surface area contributed by atoms with E-state index in [9.17, 15) is 4.79 Å². The van der Waals surface area contributed by atoms with Gasteiger partial charge in [-0.2, -0.15) is 0 Å². The molecule has 0 rings (SSSR count). The lowest BCUT2D eigenvalue weighted by Crippen LogP contribution is -2.47. The first-order valence-corrected chi connectivity index (χ1v) is 10.7. The van der Waals surface area contributed by atoms with E-state index < -0.39 is 0 Å². The summed E-state index contributed by atoms with van der Waals surface area (Å²) >= 11 is 0. The Balaban J connectivity index is 3.65. The van der Waals surface area contributed by atoms with Gasteiger partial charge in [0.25, 0.3) is 0 Å². The molecule has 0 aliphatic rings. The molecule has 0 aromatic heterocycles. The molecule has 24 heavy (non-hydrogen) atoms. The van der Waals surface area contributed by atoms with E-state index in [1.807, 2.05) is 0 Å². The first-order valence-electron chi connectivity index (χ1n) is 10.7. The summed E-state index contributed by atoms with van der Waals surface area (Å²) in [6.45, 7) is 11.5. The number of amides is 1. The van der Waals surface area contributed by atoms with Gasteiger partial charge in [-0.3, -0.25) is 9.69 Å². The van der Waals surface area contributed by atoms with Crippen LogP contribution in [0.5, 0.6) is 0 Å². The number of nitrogens with one attached hydrogen (secondary N) is 1. The van der Waals surface area contributed by atoms with Crippen molar-refractivity contribution in [2.24, 2.45) is 0 Å². The van der Waals surface area contributed by atoms with Crippen LogP contribution >= 0.6 is 0 Å². The van der Waals surface area contributed by atoms with Crippen LogP contribution in [0.2, 0.25) is 0 Å². The fourth-order valence-corrected chi connectivity index (χ4v) is 3.36. The first-order chi connectivity index (χ1) is 11.7. The molecule has 0 fully saturated rings. The van der Waals surface area contributed by atoms with Crippen LogP contribution in [0.25, 0.3) is 0 Å². The minimum Gasteiger partial charge on any atom is -0.355 e. The van der Waals surface area contributed by atoms with Gasteiger partial charge in [0, 0.05) is 6.54 Å². The summed E-state index contributed by atoms with van der Waals surface area (Å²) in [4.78, 5) is 14.7. The standard InChI is InChI=1S/C21H44N2O/c1-5-9-10-11-12-13-14-15-16-17-19-22-21(24)20(18-6-2)23(7-3)8-4/h20H,5-19H2,1-4H3,(H,22,24). The molecule has 1 atom stereocenters. The number of rotatable bonds is 17. The number of likely N-dealkylation sites (N-methyl/N-ethyl adjacent to an activating group) is 1. The van der Waals surface area contributed by atoms with Crippen LogP contribution < -0.4 is 5.32 Å². The summed E-state index contributed by atoms with van der Waals surface area (Å²) in [6.07, 6.45) is 15.4. The molecule has 1 N–H and O–H groups in total. The summed E-state index contributed by atoms with van der Waals surface area (Å²) in [7, 11) is 0. The third kappa shape index (κ3) is 11.9. The van der Waals surface area contributed by atoms with Gasteiger partial charge in [-0.25, -0.2) is 0 Å². The number of hydrogen-bond acceptors (Lipinski definition) is 2. The highest BCUT2D eigenvalue weighted by Crippen LogP contribution is 2.11. The molecule has 0 aliphatic carbocycles. The lowest BCUT2D eigenvalue weighted by molar-refractivity contribution is -0.126. The molecular weight excluding hydrogens is 296 g/mol. The molecule has 0 aromatic rings. The number of unbranched alkanes of at least 4 members (excludes halogenated alkanes) is 9. The van der Waals surface area contributed by atoms with Gasteiger partial charge in [0.1, 0.15) is 0 Å². The van der Waals surface area contributed by atoms with Crippen LogP contribution in [0, 0.1) is 0 Å². The summed E-state index contributed by atoms with van der Waals surface area (Å²) < 4.78 is 0. The number of carbonyl (C=O) groups excluding carboxylic acids is 1. The van der Waals surface area contributed by atoms with Crippen molar-refractivity contribution in [2.75, 3.05) is 19.6 Å². The first kappa shape index (κ1) is 23.4. The minimum atomic E-state index is 0.0631. The van der Waals surface area contributed by atoms with Crippen LogP contribution in [0.1, 0.15) is 105 Å². The summed E-state index contributed by atoms with van der Waals surface area (Å²) in [5, 5.41) is 3.16. The van der Waals surface area contributed by atoms with Crippen LogP contribution in [-0.2, 0) is 4.79 Å². The van der Waals surface area contributed by atoms with E-state index >= 15 is 0 Å². The van der Waals surface area contributed by atoms with Gasteiger partial charge in [0.2, 0.25) is 5.91 Å². The van der Waals surface area contributed by atoms with Gasteiger partial charge < -0.3 is 5.32 Å². The van der Waals surface area contributed by atoms with Crippen molar-refractivity contribution in [1.82, 2.24) is 10.2 Å². The zero-order valence-corrected chi connectivity index (χ0v) is 17.0. The van der Waals surface area contributed by atoms with E-state index in [0.717, 1.165) is 38.9 Å². The second kappa shape index (κ2) is 17.3. The van der Waals surface area contributed by atoms with E-state index in [-0.39, 0.29) is 11.9 Å². The molecule has 0 radical (unpaired) electrons. The second-order valence-corrected chi connectivity index (χ2v) is 7.00. The van der Waals surface area contributed by atoms with Crippen molar-refractivity contribution in [3.63, 3.8) is 0 Å². The minimum absolute atomic E-state index is 0.0631. The Labute approximate surface area is 152 Å². The SMILES string of the molecule is CCCCCCCCCCCCNC(=O)C(CCC)N(CC)CC. The highest BCUT2D eigenvalue weighted by Gasteiger charge is 2.22. The van der Waals surface area contributed by atoms with E-state index in [1.54, 1.807) is 0 Å². The summed E-state index contributed by atoms with van der Waals surface area (Å²) in [6, 6.07) is 0.0631. The van der Waals surface area contributed by atoms with Gasteiger partial charge in [0.05, 0.1) is 6.04 Å². The molecule has 0 spiro atoms. The number of carbonyl (C=O) groups is 1. The van der Waals surface area contributed by atoms with Crippen LogP contribution in [0.15, 0.2) is 0 Å². The maximum absolute atomic E-state index is 12.4. The highest BCUT2D eigenvalue weighted by molar-refractivity contribution is 5.81. The highest BCUT2D eigenvalue weighted by atomic mass is 16.2.